The molecule has 0 unspecified atom stereocenters. The van der Waals surface area contributed by atoms with Crippen molar-refractivity contribution in [3.63, 3.8) is 0 Å². The van der Waals surface area contributed by atoms with Crippen LogP contribution in [0.3, 0.4) is 0 Å². The molecule has 2 atom stereocenters. The van der Waals surface area contributed by atoms with Crippen molar-refractivity contribution in [2.75, 3.05) is 6.61 Å². The highest BCUT2D eigenvalue weighted by molar-refractivity contribution is 7.94. The van der Waals surface area contributed by atoms with E-state index in [2.05, 4.69) is 0 Å². The van der Waals surface area contributed by atoms with Gasteiger partial charge in [0.05, 0.1) is 11.0 Å². The number of benzene rings is 1. The summed E-state index contributed by atoms with van der Waals surface area (Å²) in [6.45, 7) is 2.71. The van der Waals surface area contributed by atoms with Gasteiger partial charge in [-0.05, 0) is 31.9 Å². The molecule has 2 fully saturated rings. The van der Waals surface area contributed by atoms with Crippen molar-refractivity contribution < 1.29 is 13.2 Å². The molecule has 0 aromatic heterocycles. The van der Waals surface area contributed by atoms with Crippen LogP contribution in [0.2, 0.25) is 0 Å². The number of hydrogen-bond acceptors (Lipinski definition) is 3. The average molecular weight is 264 g/mol. The monoisotopic (exact) mass is 264 g/mol. The first-order valence-electron chi connectivity index (χ1n) is 6.20. The van der Waals surface area contributed by atoms with Gasteiger partial charge >= 0.3 is 0 Å². The molecule has 0 N–H and O–H groups in total. The Kier molecular flexibility index (Phi) is 2.79. The molecular weight excluding hydrogens is 248 g/mol. The lowest BCUT2D eigenvalue weighted by Crippen LogP contribution is -2.30. The number of rotatable bonds is 2. The minimum atomic E-state index is -3.29. The molecule has 0 spiro atoms. The molecule has 3 rings (SSSR count). The van der Waals surface area contributed by atoms with Gasteiger partial charge in [0.25, 0.3) is 0 Å². The van der Waals surface area contributed by atoms with Gasteiger partial charge in [0.2, 0.25) is 0 Å². The number of ether oxygens (including phenoxy) is 1. The summed E-state index contributed by atoms with van der Waals surface area (Å²) in [7, 11) is -3.29. The fourth-order valence-electron chi connectivity index (χ4n) is 2.63. The molecule has 0 amide bonds. The zero-order valence-corrected chi connectivity index (χ0v) is 11.1. The van der Waals surface area contributed by atoms with E-state index < -0.39 is 9.84 Å². The first kappa shape index (κ1) is 11.9. The van der Waals surface area contributed by atoms with Crippen LogP contribution in [0.25, 0.3) is 0 Å². The normalized spacial score (nSPS) is 29.1. The Morgan fingerprint density at radius 2 is 2.00 bits per heavy atom. The molecule has 1 aliphatic carbocycles. The van der Waals surface area contributed by atoms with Crippen LogP contribution in [-0.2, 0) is 14.6 Å². The summed E-state index contributed by atoms with van der Waals surface area (Å²) < 4.78 is 29.9. The van der Waals surface area contributed by atoms with Crippen molar-refractivity contribution in [1.82, 2.24) is 0 Å². The van der Waals surface area contributed by atoms with Crippen LogP contribution in [0.5, 0.6) is 0 Å². The van der Waals surface area contributed by atoms with Crippen molar-refractivity contribution in [3.8, 4) is 0 Å². The molecule has 3 nitrogen and oxygen atoms in total. The molecule has 1 aromatic rings. The molecule has 1 saturated carbocycles. The summed E-state index contributed by atoms with van der Waals surface area (Å²) in [6.07, 6.45) is 2.00. The first-order chi connectivity index (χ1) is 8.56. The van der Waals surface area contributed by atoms with E-state index in [0.29, 0.717) is 10.8 Å². The molecule has 0 radical (unpaired) electrons. The smallest absolute Gasteiger partial charge is 0.199 e. The van der Waals surface area contributed by atoms with E-state index in [-0.39, 0.29) is 6.10 Å². The molecule has 18 heavy (non-hydrogen) atoms. The summed E-state index contributed by atoms with van der Waals surface area (Å²) in [5.74, 6) is 0.338. The third-order valence-electron chi connectivity index (χ3n) is 3.78. The molecule has 2 aliphatic rings. The van der Waals surface area contributed by atoms with Gasteiger partial charge in [-0.3, -0.25) is 0 Å². The van der Waals surface area contributed by atoms with Gasteiger partial charge in [-0.25, -0.2) is 8.42 Å². The van der Waals surface area contributed by atoms with E-state index in [9.17, 15) is 8.42 Å². The van der Waals surface area contributed by atoms with Gasteiger partial charge in [-0.15, -0.1) is 0 Å². The summed E-state index contributed by atoms with van der Waals surface area (Å²) >= 11 is 0. The summed E-state index contributed by atoms with van der Waals surface area (Å²) in [4.78, 5) is 0.378. The third kappa shape index (κ3) is 1.99. The molecule has 1 heterocycles. The second-order valence-electron chi connectivity index (χ2n) is 5.06. The van der Waals surface area contributed by atoms with Crippen molar-refractivity contribution in [3.05, 3.63) is 40.8 Å². The maximum Gasteiger partial charge on any atom is 0.199 e. The van der Waals surface area contributed by atoms with Gasteiger partial charge in [-0.2, -0.15) is 0 Å². The van der Waals surface area contributed by atoms with Gasteiger partial charge in [0.15, 0.2) is 9.84 Å². The average Bonchev–Trinajstić information content (AvgIpc) is 2.68. The van der Waals surface area contributed by atoms with Crippen molar-refractivity contribution >= 4 is 9.84 Å². The first-order valence-corrected chi connectivity index (χ1v) is 7.75. The number of aryl methyl sites for hydroxylation is 1. The Labute approximate surface area is 107 Å². The Hall–Kier alpha value is -1.13. The molecule has 1 aliphatic heterocycles. The van der Waals surface area contributed by atoms with Crippen molar-refractivity contribution in [2.24, 2.45) is 5.92 Å². The predicted octanol–water partition coefficient (Wildman–Crippen LogP) is 2.46. The summed E-state index contributed by atoms with van der Waals surface area (Å²) in [6, 6.07) is 6.99. The Bertz CT molecular complexity index is 584. The van der Waals surface area contributed by atoms with Gasteiger partial charge in [-0.1, -0.05) is 23.3 Å². The third-order valence-corrected chi connectivity index (χ3v) is 5.32. The highest BCUT2D eigenvalue weighted by atomic mass is 32.2. The highest BCUT2D eigenvalue weighted by Gasteiger charge is 2.41. The summed E-state index contributed by atoms with van der Waals surface area (Å²) in [5, 5.41) is 1.45. The van der Waals surface area contributed by atoms with Gasteiger partial charge in [0.1, 0.15) is 0 Å². The zero-order chi connectivity index (χ0) is 12.8. The quantitative estimate of drug-likeness (QED) is 0.824. The number of fused-ring (bicyclic) bond motifs is 1. The molecular formula is C14H16O3S. The van der Waals surface area contributed by atoms with Gasteiger partial charge in [0, 0.05) is 17.9 Å². The Balaban J connectivity index is 1.87. The number of hydrogen-bond donors (Lipinski definition) is 0. The van der Waals surface area contributed by atoms with Crippen LogP contribution in [0.15, 0.2) is 40.1 Å². The SMILES string of the molecule is Cc1ccc(S(=O)(=O)/C=C2\C[C@H]3OCC[C@@H]23)cc1. The number of sulfone groups is 1. The Morgan fingerprint density at radius 3 is 2.67 bits per heavy atom. The largest absolute Gasteiger partial charge is 0.377 e. The van der Waals surface area contributed by atoms with Crippen LogP contribution < -0.4 is 0 Å². The van der Waals surface area contributed by atoms with E-state index in [4.69, 9.17) is 4.74 Å². The maximum atomic E-state index is 12.2. The lowest BCUT2D eigenvalue weighted by Gasteiger charge is -2.32. The molecule has 0 bridgehead atoms. The van der Waals surface area contributed by atoms with Crippen LogP contribution >= 0.6 is 0 Å². The van der Waals surface area contributed by atoms with E-state index >= 15 is 0 Å². The minimum absolute atomic E-state index is 0.268. The standard InChI is InChI=1S/C14H16O3S/c1-10-2-4-12(5-3-10)18(15,16)9-11-8-14-13(11)6-7-17-14/h2-5,9,13-14H,6-8H2,1H3/b11-9+/t13-,14+/m0/s1. The molecule has 96 valence electrons. The minimum Gasteiger partial charge on any atom is -0.377 e. The highest BCUT2D eigenvalue weighted by Crippen LogP contribution is 2.43. The fourth-order valence-corrected chi connectivity index (χ4v) is 3.95. The Morgan fingerprint density at radius 1 is 1.28 bits per heavy atom. The van der Waals surface area contributed by atoms with Crippen LogP contribution in [-0.4, -0.2) is 21.1 Å². The van der Waals surface area contributed by atoms with Gasteiger partial charge < -0.3 is 4.74 Å². The lowest BCUT2D eigenvalue weighted by molar-refractivity contribution is 0.0679. The summed E-state index contributed by atoms with van der Waals surface area (Å²) in [5.41, 5.74) is 2.09. The van der Waals surface area contributed by atoms with Crippen molar-refractivity contribution in [2.45, 2.75) is 30.8 Å². The molecule has 1 saturated heterocycles. The van der Waals surface area contributed by atoms with Crippen LogP contribution in [0, 0.1) is 12.8 Å². The second-order valence-corrected chi connectivity index (χ2v) is 6.86. The predicted molar refractivity (Wildman–Crippen MR) is 68.9 cm³/mol. The topological polar surface area (TPSA) is 43.4 Å². The second kappa shape index (κ2) is 4.21. The maximum absolute atomic E-state index is 12.2. The van der Waals surface area contributed by atoms with E-state index in [1.807, 2.05) is 19.1 Å². The molecule has 1 aromatic carbocycles. The van der Waals surface area contributed by atoms with Crippen LogP contribution in [0.4, 0.5) is 0 Å². The lowest BCUT2D eigenvalue weighted by atomic mass is 9.77. The van der Waals surface area contributed by atoms with Crippen LogP contribution in [0.1, 0.15) is 18.4 Å². The fraction of sp³-hybridized carbons (Fsp3) is 0.429. The zero-order valence-electron chi connectivity index (χ0n) is 10.3. The van der Waals surface area contributed by atoms with E-state index in [1.54, 1.807) is 12.1 Å². The van der Waals surface area contributed by atoms with E-state index in [0.717, 1.165) is 30.6 Å². The molecule has 4 heteroatoms. The van der Waals surface area contributed by atoms with Crippen molar-refractivity contribution in [1.29, 1.82) is 0 Å². The van der Waals surface area contributed by atoms with E-state index in [1.165, 1.54) is 5.41 Å².